The lowest BCUT2D eigenvalue weighted by molar-refractivity contribution is 1.63. The third-order valence-electron chi connectivity index (χ3n) is 6.72. The fraction of sp³-hybridized carbons (Fsp3) is 0. The molecule has 0 heterocycles. The Morgan fingerprint density at radius 1 is 0.300 bits per heavy atom. The van der Waals surface area contributed by atoms with Crippen LogP contribution in [-0.4, -0.2) is 0 Å². The van der Waals surface area contributed by atoms with Gasteiger partial charge in [-0.1, -0.05) is 157 Å². The summed E-state index contributed by atoms with van der Waals surface area (Å²) in [4.78, 5) is 0. The molecule has 0 saturated heterocycles. The van der Waals surface area contributed by atoms with E-state index in [9.17, 15) is 6.85 Å². The molecule has 8 aromatic carbocycles. The summed E-state index contributed by atoms with van der Waals surface area (Å²) in [6.07, 6.45) is 0. The van der Waals surface area contributed by atoms with Crippen LogP contribution in [0.4, 0.5) is 0 Å². The Hall–Kier alpha value is -5.20. The van der Waals surface area contributed by atoms with E-state index in [4.69, 9.17) is 23.3 Å². The molecule has 0 N–H and O–H groups in total. The van der Waals surface area contributed by atoms with E-state index in [0.29, 0.717) is 0 Å². The molecule has 0 amide bonds. The summed E-state index contributed by atoms with van der Waals surface area (Å²) in [6, 6.07) is -11.5. The van der Waals surface area contributed by atoms with Gasteiger partial charge in [0.1, 0.15) is 0 Å². The van der Waals surface area contributed by atoms with Gasteiger partial charge in [-0.15, -0.1) is 0 Å². The van der Waals surface area contributed by atoms with Crippen LogP contribution in [0.1, 0.15) is 30.2 Å². The molecule has 0 aliphatic heterocycles. The van der Waals surface area contributed by atoms with Gasteiger partial charge in [0.25, 0.3) is 0 Å². The Kier molecular flexibility index (Phi) is 2.25. The predicted octanol–water partition coefficient (Wildman–Crippen LogP) is 11.3. The van der Waals surface area contributed by atoms with Crippen LogP contribution in [-0.2, 0) is 0 Å². The minimum absolute atomic E-state index is 0.107. The molecule has 0 atom stereocenters. The molecule has 0 fully saturated rings. The predicted molar refractivity (Wildman–Crippen MR) is 173 cm³/mol. The highest BCUT2D eigenvalue weighted by Gasteiger charge is 2.20. The van der Waals surface area contributed by atoms with Gasteiger partial charge < -0.3 is 0 Å². The van der Waals surface area contributed by atoms with Crippen molar-refractivity contribution in [2.45, 2.75) is 0 Å². The SMILES string of the molecule is [2H]c1c([2H])c([2H])c2c(-c3ccccc3-c3c4c([2H])c([2H])c([2H])c([2H])c4c(-c4c([2H])c([2H])c([2H])c5c([2H])c([2H])c([2H])c([2H])c45)c4c([2H])c([2H])c([2H])c([2H])c34)c([2H])c([2H])c([2H])c2c1[2H]. The molecular weight excluding hydrogens is 480 g/mol. The summed E-state index contributed by atoms with van der Waals surface area (Å²) in [6.45, 7) is 0. The lowest BCUT2D eigenvalue weighted by atomic mass is 9.82. The summed E-state index contributed by atoms with van der Waals surface area (Å²) in [5, 5.41) is -3.75. The zero-order valence-electron chi connectivity index (χ0n) is 42.3. The van der Waals surface area contributed by atoms with E-state index in [1.165, 1.54) is 24.3 Å². The summed E-state index contributed by atoms with van der Waals surface area (Å²) in [5.41, 5.74) is -1.97. The van der Waals surface area contributed by atoms with Gasteiger partial charge in [0.15, 0.2) is 0 Å². The van der Waals surface area contributed by atoms with Crippen molar-refractivity contribution in [3.8, 4) is 33.4 Å². The van der Waals surface area contributed by atoms with Crippen molar-refractivity contribution in [3.05, 3.63) is 157 Å². The molecule has 186 valence electrons. The van der Waals surface area contributed by atoms with Crippen LogP contribution < -0.4 is 0 Å². The Morgan fingerprint density at radius 2 is 0.675 bits per heavy atom. The molecule has 40 heavy (non-hydrogen) atoms. The van der Waals surface area contributed by atoms with Gasteiger partial charge in [0.05, 0.1) is 30.2 Å². The van der Waals surface area contributed by atoms with E-state index < -0.39 is 182 Å². The molecule has 0 aliphatic rings. The lowest BCUT2D eigenvalue weighted by Gasteiger charge is -2.20. The van der Waals surface area contributed by atoms with Crippen molar-refractivity contribution in [1.82, 2.24) is 0 Å². The molecule has 0 unspecified atom stereocenters. The maximum absolute atomic E-state index is 9.42. The normalized spacial score (nSPS) is 19.2. The zero-order chi connectivity index (χ0) is 45.6. The van der Waals surface area contributed by atoms with Crippen LogP contribution in [0.15, 0.2) is 157 Å². The fourth-order valence-corrected chi connectivity index (χ4v) is 5.08. The average molecular weight is 529 g/mol. The Morgan fingerprint density at radius 3 is 1.23 bits per heavy atom. The zero-order valence-corrected chi connectivity index (χ0v) is 20.3. The number of hydrogen-bond donors (Lipinski definition) is 0. The van der Waals surface area contributed by atoms with Crippen molar-refractivity contribution < 1.29 is 30.2 Å². The van der Waals surface area contributed by atoms with E-state index in [2.05, 4.69) is 0 Å². The lowest BCUT2D eigenvalue weighted by Crippen LogP contribution is -1.93. The minimum Gasteiger partial charge on any atom is -0.0616 e. The first-order valence-electron chi connectivity index (χ1n) is 23.1. The van der Waals surface area contributed by atoms with Crippen LogP contribution >= 0.6 is 0 Å². The molecule has 0 heteroatoms. The van der Waals surface area contributed by atoms with Crippen LogP contribution in [0.3, 0.4) is 0 Å². The smallest absolute Gasteiger partial charge is 0.0616 e. The number of rotatable bonds is 3. The van der Waals surface area contributed by atoms with Crippen molar-refractivity contribution in [3.63, 3.8) is 0 Å². The summed E-state index contributed by atoms with van der Waals surface area (Å²) < 4.78 is 195. The highest BCUT2D eigenvalue weighted by atomic mass is 14.2. The molecule has 0 aliphatic carbocycles. The standard InChI is InChI=1S/C40H26/c1-3-17-29-27(13-1)15-11-25-31(29)32-19-5-6-20-34(32)40-37-23-9-7-21-35(37)39(36-22-8-10-24-38(36)40)33-26-12-16-28-14-2-4-18-30(28)33/h1-26H/i1D,2D,3D,4D,7D,8D,9D,10D,11D,12D,13D,14D,15D,16D,17D,18D,21D,22D,23D,24D,25D,26D. The van der Waals surface area contributed by atoms with Crippen LogP contribution in [0.5, 0.6) is 0 Å². The monoisotopic (exact) mass is 528 g/mol. The first-order valence-corrected chi connectivity index (χ1v) is 12.1. The quantitative estimate of drug-likeness (QED) is 0.200. The van der Waals surface area contributed by atoms with Crippen LogP contribution in [0.25, 0.3) is 76.5 Å². The van der Waals surface area contributed by atoms with Gasteiger partial charge >= 0.3 is 0 Å². The van der Waals surface area contributed by atoms with Crippen molar-refractivity contribution in [1.29, 1.82) is 0 Å². The van der Waals surface area contributed by atoms with Crippen molar-refractivity contribution in [2.24, 2.45) is 0 Å². The number of benzene rings is 8. The van der Waals surface area contributed by atoms with E-state index in [1.807, 2.05) is 0 Å². The van der Waals surface area contributed by atoms with Gasteiger partial charge in [0, 0.05) is 0 Å². The van der Waals surface area contributed by atoms with E-state index in [0.717, 1.165) is 0 Å². The summed E-state index contributed by atoms with van der Waals surface area (Å²) in [7, 11) is 0. The Balaban J connectivity index is 1.76. The van der Waals surface area contributed by atoms with Crippen LogP contribution in [0.2, 0.25) is 0 Å². The largest absolute Gasteiger partial charge is 0.0629 e. The van der Waals surface area contributed by atoms with Crippen LogP contribution in [0, 0.1) is 0 Å². The molecule has 0 spiro atoms. The van der Waals surface area contributed by atoms with E-state index >= 15 is 0 Å². The van der Waals surface area contributed by atoms with Gasteiger partial charge in [-0.25, -0.2) is 0 Å². The van der Waals surface area contributed by atoms with Gasteiger partial charge in [-0.2, -0.15) is 0 Å². The summed E-state index contributed by atoms with van der Waals surface area (Å²) >= 11 is 0. The maximum Gasteiger partial charge on any atom is 0.0629 e. The van der Waals surface area contributed by atoms with Gasteiger partial charge in [-0.05, 0) is 76.5 Å². The third-order valence-corrected chi connectivity index (χ3v) is 6.72. The maximum atomic E-state index is 9.42. The number of hydrogen-bond acceptors (Lipinski definition) is 0. The van der Waals surface area contributed by atoms with Gasteiger partial charge in [0.2, 0.25) is 0 Å². The first-order chi connectivity index (χ1) is 29.0. The van der Waals surface area contributed by atoms with Crippen molar-refractivity contribution >= 4 is 43.1 Å². The topological polar surface area (TPSA) is 0 Å². The van der Waals surface area contributed by atoms with Crippen molar-refractivity contribution in [2.75, 3.05) is 0 Å². The molecule has 0 saturated carbocycles. The summed E-state index contributed by atoms with van der Waals surface area (Å²) in [5.74, 6) is 0. The Labute approximate surface area is 264 Å². The molecule has 0 radical (unpaired) electrons. The molecular formula is C40H26. The second-order valence-electron chi connectivity index (χ2n) is 8.80. The molecule has 0 nitrogen and oxygen atoms in total. The highest BCUT2D eigenvalue weighted by Crippen LogP contribution is 2.47. The fourth-order valence-electron chi connectivity index (χ4n) is 5.08. The van der Waals surface area contributed by atoms with Gasteiger partial charge in [-0.3, -0.25) is 0 Å². The second-order valence-corrected chi connectivity index (χ2v) is 8.80. The Bertz CT molecular complexity index is 3330. The first kappa shape index (κ1) is 9.77. The van der Waals surface area contributed by atoms with E-state index in [1.54, 1.807) is 0 Å². The second kappa shape index (κ2) is 9.22. The number of fused-ring (bicyclic) bond motifs is 4. The highest BCUT2D eigenvalue weighted by molar-refractivity contribution is 6.24. The average Bonchev–Trinajstić information content (AvgIpc) is 3.25. The third kappa shape index (κ3) is 3.47. The molecule has 8 rings (SSSR count). The molecule has 0 aromatic heterocycles. The molecule has 8 aromatic rings. The minimum atomic E-state index is -0.863. The molecule has 0 bridgehead atoms. The van der Waals surface area contributed by atoms with E-state index in [-0.39, 0.29) is 27.6 Å².